The summed E-state index contributed by atoms with van der Waals surface area (Å²) >= 11 is 0. The van der Waals surface area contributed by atoms with E-state index in [9.17, 15) is 19.5 Å². The average molecular weight is 290 g/mol. The summed E-state index contributed by atoms with van der Waals surface area (Å²) in [5.74, 6) is -1.49. The maximum absolute atomic E-state index is 12.6. The van der Waals surface area contributed by atoms with Gasteiger partial charge in [0.25, 0.3) is 5.91 Å². The molecule has 0 radical (unpaired) electrons. The summed E-state index contributed by atoms with van der Waals surface area (Å²) in [4.78, 5) is 36.3. The lowest BCUT2D eigenvalue weighted by Crippen LogP contribution is -2.40. The molecule has 1 saturated heterocycles. The van der Waals surface area contributed by atoms with E-state index in [-0.39, 0.29) is 11.8 Å². The summed E-state index contributed by atoms with van der Waals surface area (Å²) in [6, 6.07) is 4.28. The van der Waals surface area contributed by atoms with E-state index in [2.05, 4.69) is 5.32 Å². The molecule has 6 heteroatoms. The lowest BCUT2D eigenvalue weighted by molar-refractivity contribution is -0.141. The largest absolute Gasteiger partial charge is 0.480 e. The predicted octanol–water partition coefficient (Wildman–Crippen LogP) is 1.64. The summed E-state index contributed by atoms with van der Waals surface area (Å²) in [5, 5.41) is 11.8. The zero-order valence-corrected chi connectivity index (χ0v) is 12.0. The van der Waals surface area contributed by atoms with Crippen LogP contribution in [0.2, 0.25) is 0 Å². The minimum atomic E-state index is -0.975. The van der Waals surface area contributed by atoms with Gasteiger partial charge >= 0.3 is 5.97 Å². The van der Waals surface area contributed by atoms with Gasteiger partial charge in [-0.1, -0.05) is 6.07 Å². The monoisotopic (exact) mass is 290 g/mol. The van der Waals surface area contributed by atoms with Crippen LogP contribution in [0.1, 0.15) is 35.7 Å². The highest BCUT2D eigenvalue weighted by molar-refractivity contribution is 6.00. The smallest absolute Gasteiger partial charge is 0.326 e. The zero-order valence-electron chi connectivity index (χ0n) is 12.0. The molecule has 6 nitrogen and oxygen atoms in total. The lowest BCUT2D eigenvalue weighted by Gasteiger charge is -2.23. The van der Waals surface area contributed by atoms with Crippen molar-refractivity contribution in [2.75, 3.05) is 11.9 Å². The Morgan fingerprint density at radius 2 is 2.05 bits per heavy atom. The number of carboxylic acids is 1. The number of rotatable bonds is 3. The van der Waals surface area contributed by atoms with Crippen molar-refractivity contribution in [1.29, 1.82) is 0 Å². The van der Waals surface area contributed by atoms with Crippen molar-refractivity contribution in [2.24, 2.45) is 0 Å². The number of hydrogen-bond donors (Lipinski definition) is 2. The molecule has 0 saturated carbocycles. The van der Waals surface area contributed by atoms with Gasteiger partial charge in [0, 0.05) is 24.7 Å². The topological polar surface area (TPSA) is 86.7 Å². The van der Waals surface area contributed by atoms with Gasteiger partial charge in [-0.2, -0.15) is 0 Å². The minimum absolute atomic E-state index is 0.215. The van der Waals surface area contributed by atoms with Crippen molar-refractivity contribution in [2.45, 2.75) is 32.7 Å². The molecule has 21 heavy (non-hydrogen) atoms. The van der Waals surface area contributed by atoms with E-state index in [0.29, 0.717) is 36.2 Å². The van der Waals surface area contributed by atoms with Crippen molar-refractivity contribution >= 4 is 23.5 Å². The molecule has 1 unspecified atom stereocenters. The highest BCUT2D eigenvalue weighted by Gasteiger charge is 2.35. The SMILES string of the molecule is CC(=O)Nc1cccc(C(=O)N2CCCC2C(=O)O)c1C. The van der Waals surface area contributed by atoms with E-state index in [1.165, 1.54) is 11.8 Å². The molecule has 2 N–H and O–H groups in total. The fourth-order valence-electron chi connectivity index (χ4n) is 2.61. The summed E-state index contributed by atoms with van der Waals surface area (Å²) in [6.07, 6.45) is 1.17. The molecule has 0 aromatic heterocycles. The van der Waals surface area contributed by atoms with Gasteiger partial charge in [0.2, 0.25) is 5.91 Å². The Morgan fingerprint density at radius 3 is 2.67 bits per heavy atom. The molecule has 1 fully saturated rings. The molecule has 1 atom stereocenters. The second-order valence-electron chi connectivity index (χ2n) is 5.15. The Labute approximate surface area is 122 Å². The fourth-order valence-corrected chi connectivity index (χ4v) is 2.61. The first-order valence-electron chi connectivity index (χ1n) is 6.82. The number of carbonyl (C=O) groups is 3. The summed E-state index contributed by atoms with van der Waals surface area (Å²) in [5.41, 5.74) is 1.64. The summed E-state index contributed by atoms with van der Waals surface area (Å²) < 4.78 is 0. The van der Waals surface area contributed by atoms with Gasteiger partial charge in [0.05, 0.1) is 0 Å². The number of anilines is 1. The molecule has 0 bridgehead atoms. The van der Waals surface area contributed by atoms with Crippen LogP contribution in [0, 0.1) is 6.92 Å². The summed E-state index contributed by atoms with van der Waals surface area (Å²) in [6.45, 7) is 3.58. The van der Waals surface area contributed by atoms with Gasteiger partial charge in [0.15, 0.2) is 0 Å². The fraction of sp³-hybridized carbons (Fsp3) is 0.400. The van der Waals surface area contributed by atoms with E-state index in [1.54, 1.807) is 25.1 Å². The number of amides is 2. The average Bonchev–Trinajstić information content (AvgIpc) is 2.89. The van der Waals surface area contributed by atoms with Crippen molar-refractivity contribution in [3.63, 3.8) is 0 Å². The van der Waals surface area contributed by atoms with Crippen molar-refractivity contribution < 1.29 is 19.5 Å². The van der Waals surface area contributed by atoms with E-state index < -0.39 is 12.0 Å². The quantitative estimate of drug-likeness (QED) is 0.886. The maximum atomic E-state index is 12.6. The van der Waals surface area contributed by atoms with Crippen LogP contribution in [-0.2, 0) is 9.59 Å². The van der Waals surface area contributed by atoms with Gasteiger partial charge in [-0.25, -0.2) is 4.79 Å². The van der Waals surface area contributed by atoms with E-state index >= 15 is 0 Å². The van der Waals surface area contributed by atoms with Gasteiger partial charge < -0.3 is 15.3 Å². The number of nitrogens with one attached hydrogen (secondary N) is 1. The van der Waals surface area contributed by atoms with Gasteiger partial charge in [-0.15, -0.1) is 0 Å². The van der Waals surface area contributed by atoms with Crippen LogP contribution < -0.4 is 5.32 Å². The minimum Gasteiger partial charge on any atom is -0.480 e. The van der Waals surface area contributed by atoms with Crippen molar-refractivity contribution in [3.05, 3.63) is 29.3 Å². The molecule has 1 aliphatic heterocycles. The molecule has 0 spiro atoms. The highest BCUT2D eigenvalue weighted by Crippen LogP contribution is 2.25. The summed E-state index contributed by atoms with van der Waals surface area (Å²) in [7, 11) is 0. The third kappa shape index (κ3) is 3.04. The second-order valence-corrected chi connectivity index (χ2v) is 5.15. The van der Waals surface area contributed by atoms with Crippen LogP contribution in [0.25, 0.3) is 0 Å². The Kier molecular flexibility index (Phi) is 4.26. The van der Waals surface area contributed by atoms with Crippen molar-refractivity contribution in [3.8, 4) is 0 Å². The molecule has 1 aromatic carbocycles. The van der Waals surface area contributed by atoms with E-state index in [4.69, 9.17) is 0 Å². The van der Waals surface area contributed by atoms with Gasteiger partial charge in [-0.3, -0.25) is 9.59 Å². The number of hydrogen-bond acceptors (Lipinski definition) is 3. The van der Waals surface area contributed by atoms with Crippen LogP contribution in [0.4, 0.5) is 5.69 Å². The molecule has 0 aliphatic carbocycles. The van der Waals surface area contributed by atoms with E-state index in [1.807, 2.05) is 0 Å². The van der Waals surface area contributed by atoms with Gasteiger partial charge in [0.1, 0.15) is 6.04 Å². The predicted molar refractivity (Wildman–Crippen MR) is 77.2 cm³/mol. The Morgan fingerprint density at radius 1 is 1.33 bits per heavy atom. The number of nitrogens with zero attached hydrogens (tertiary/aromatic N) is 1. The van der Waals surface area contributed by atoms with Crippen LogP contribution in [0.5, 0.6) is 0 Å². The number of likely N-dealkylation sites (tertiary alicyclic amines) is 1. The van der Waals surface area contributed by atoms with Gasteiger partial charge in [-0.05, 0) is 37.5 Å². The highest BCUT2D eigenvalue weighted by atomic mass is 16.4. The maximum Gasteiger partial charge on any atom is 0.326 e. The van der Waals surface area contributed by atoms with Crippen LogP contribution in [-0.4, -0.2) is 40.4 Å². The first-order valence-corrected chi connectivity index (χ1v) is 6.82. The molecule has 1 heterocycles. The van der Waals surface area contributed by atoms with Crippen LogP contribution in [0.3, 0.4) is 0 Å². The zero-order chi connectivity index (χ0) is 15.6. The molecule has 2 amide bonds. The molecular weight excluding hydrogens is 272 g/mol. The lowest BCUT2D eigenvalue weighted by atomic mass is 10.0. The number of carboxylic acid groups (broad SMARTS) is 1. The molecule has 112 valence electrons. The molecule has 1 aromatic rings. The number of carbonyl (C=O) groups excluding carboxylic acids is 2. The number of aliphatic carboxylic acids is 1. The standard InChI is InChI=1S/C15H18N2O4/c1-9-11(5-3-6-12(9)16-10(2)18)14(19)17-8-4-7-13(17)15(20)21/h3,5-6,13H,4,7-8H2,1-2H3,(H,16,18)(H,20,21). The Bertz CT molecular complexity index is 597. The Hall–Kier alpha value is -2.37. The van der Waals surface area contributed by atoms with Crippen molar-refractivity contribution in [1.82, 2.24) is 4.90 Å². The van der Waals surface area contributed by atoms with Crippen LogP contribution >= 0.6 is 0 Å². The first kappa shape index (κ1) is 15.0. The Balaban J connectivity index is 2.31. The number of benzene rings is 1. The van der Waals surface area contributed by atoms with E-state index in [0.717, 1.165) is 0 Å². The molecular formula is C15H18N2O4. The van der Waals surface area contributed by atoms with Crippen LogP contribution in [0.15, 0.2) is 18.2 Å². The molecule has 2 rings (SSSR count). The normalized spacial score (nSPS) is 17.6. The third-order valence-corrected chi connectivity index (χ3v) is 3.67. The molecule has 1 aliphatic rings. The first-order chi connectivity index (χ1) is 9.91. The second kappa shape index (κ2) is 5.95. The third-order valence-electron chi connectivity index (χ3n) is 3.67.